The van der Waals surface area contributed by atoms with Gasteiger partial charge in [0.25, 0.3) is 0 Å². The second-order valence-corrected chi connectivity index (χ2v) is 3.65. The van der Waals surface area contributed by atoms with Crippen molar-refractivity contribution in [1.29, 1.82) is 0 Å². The van der Waals surface area contributed by atoms with Gasteiger partial charge in [0.15, 0.2) is 0 Å². The van der Waals surface area contributed by atoms with Gasteiger partial charge in [-0.15, -0.1) is 0 Å². The Morgan fingerprint density at radius 3 is 1.87 bits per heavy atom. The molecule has 1 rings (SSSR count). The molecule has 0 spiro atoms. The third-order valence-corrected chi connectivity index (χ3v) is 2.39. The molecule has 0 nitrogen and oxygen atoms in total. The minimum atomic E-state index is -4.62. The van der Waals surface area contributed by atoms with E-state index in [1.807, 2.05) is 0 Å². The van der Waals surface area contributed by atoms with Gasteiger partial charge in [0.1, 0.15) is 0 Å². The highest BCUT2D eigenvalue weighted by Gasteiger charge is 2.42. The Morgan fingerprint density at radius 2 is 1.53 bits per heavy atom. The van der Waals surface area contributed by atoms with Gasteiger partial charge in [-0.2, -0.15) is 39.0 Å². The fraction of sp³-hybridized carbons (Fsp3) is 0.500. The van der Waals surface area contributed by atoms with Crippen LogP contribution in [0.5, 0.6) is 0 Å². The van der Waals surface area contributed by atoms with Crippen LogP contribution in [0.4, 0.5) is 26.3 Å². The molecule has 1 aliphatic rings. The Morgan fingerprint density at radius 1 is 1.00 bits per heavy atom. The molecule has 0 fully saturated rings. The van der Waals surface area contributed by atoms with Crippen LogP contribution in [-0.4, -0.2) is 17.6 Å². The molecular weight excluding hydrogens is 242 g/mol. The van der Waals surface area contributed by atoms with Crippen molar-refractivity contribution in [3.63, 3.8) is 0 Å². The average molecular weight is 248 g/mol. The summed E-state index contributed by atoms with van der Waals surface area (Å²) in [6, 6.07) is 0. The largest absolute Gasteiger partial charge is 0.413 e. The molecule has 1 atom stereocenters. The molecule has 7 heteroatoms. The molecule has 0 aliphatic heterocycles. The molecule has 0 amide bonds. The molecular formula is C8H6F6S. The average Bonchev–Trinajstić information content (AvgIpc) is 1.99. The Hall–Kier alpha value is -0.590. The van der Waals surface area contributed by atoms with Crippen molar-refractivity contribution in [2.24, 2.45) is 0 Å². The van der Waals surface area contributed by atoms with E-state index in [2.05, 4.69) is 12.6 Å². The Kier molecular flexibility index (Phi) is 3.14. The van der Waals surface area contributed by atoms with Gasteiger partial charge in [0.2, 0.25) is 0 Å². The van der Waals surface area contributed by atoms with Gasteiger partial charge in [-0.25, -0.2) is 0 Å². The molecule has 0 saturated carbocycles. The molecule has 0 unspecified atom stereocenters. The second kappa shape index (κ2) is 3.77. The van der Waals surface area contributed by atoms with E-state index in [0.29, 0.717) is 12.2 Å². The zero-order chi connectivity index (χ0) is 11.9. The third-order valence-electron chi connectivity index (χ3n) is 1.93. The van der Waals surface area contributed by atoms with Crippen molar-refractivity contribution in [2.45, 2.75) is 24.0 Å². The molecule has 0 aromatic heterocycles. The summed E-state index contributed by atoms with van der Waals surface area (Å²) in [5, 5.41) is -1.45. The van der Waals surface area contributed by atoms with Gasteiger partial charge in [0, 0.05) is 16.4 Å². The summed E-state index contributed by atoms with van der Waals surface area (Å²) in [4.78, 5) is 0. The predicted octanol–water partition coefficient (Wildman–Crippen LogP) is 3.67. The molecule has 0 aromatic carbocycles. The summed E-state index contributed by atoms with van der Waals surface area (Å²) in [6.07, 6.45) is -9.08. The molecule has 86 valence electrons. The van der Waals surface area contributed by atoms with Crippen molar-refractivity contribution >= 4 is 12.6 Å². The zero-order valence-corrected chi connectivity index (χ0v) is 8.05. The van der Waals surface area contributed by atoms with E-state index >= 15 is 0 Å². The van der Waals surface area contributed by atoms with E-state index < -0.39 is 35.2 Å². The summed E-state index contributed by atoms with van der Waals surface area (Å²) in [5.41, 5.74) is -2.03. The van der Waals surface area contributed by atoms with Crippen LogP contribution in [0.15, 0.2) is 23.3 Å². The van der Waals surface area contributed by atoms with Crippen molar-refractivity contribution in [2.75, 3.05) is 0 Å². The Bertz CT molecular complexity index is 308. The van der Waals surface area contributed by atoms with E-state index in [9.17, 15) is 26.3 Å². The van der Waals surface area contributed by atoms with Gasteiger partial charge in [0.05, 0.1) is 0 Å². The normalized spacial score (nSPS) is 23.5. The van der Waals surface area contributed by atoms with E-state index in [-0.39, 0.29) is 0 Å². The Labute approximate surface area is 87.1 Å². The first kappa shape index (κ1) is 12.5. The van der Waals surface area contributed by atoms with Crippen LogP contribution >= 0.6 is 12.6 Å². The van der Waals surface area contributed by atoms with Crippen LogP contribution in [-0.2, 0) is 0 Å². The van der Waals surface area contributed by atoms with Crippen LogP contribution in [0, 0.1) is 0 Å². The first-order valence-corrected chi connectivity index (χ1v) is 4.37. The number of hydrogen-bond donors (Lipinski definition) is 1. The number of allylic oxidation sites excluding steroid dienone is 3. The number of rotatable bonds is 0. The fourth-order valence-corrected chi connectivity index (χ4v) is 1.61. The van der Waals surface area contributed by atoms with Crippen LogP contribution in [0.1, 0.15) is 6.42 Å². The molecule has 0 bridgehead atoms. The first-order chi connectivity index (χ1) is 6.62. The van der Waals surface area contributed by atoms with Crippen molar-refractivity contribution < 1.29 is 26.3 Å². The number of hydrogen-bond acceptors (Lipinski definition) is 1. The molecule has 0 N–H and O–H groups in total. The number of halogens is 6. The van der Waals surface area contributed by atoms with Gasteiger partial charge in [-0.05, 0) is 6.42 Å². The fourth-order valence-electron chi connectivity index (χ4n) is 1.18. The second-order valence-electron chi connectivity index (χ2n) is 3.03. The van der Waals surface area contributed by atoms with E-state index in [1.54, 1.807) is 0 Å². The van der Waals surface area contributed by atoms with Crippen LogP contribution in [0.3, 0.4) is 0 Å². The highest BCUT2D eigenvalue weighted by Crippen LogP contribution is 2.40. The number of thiol groups is 1. The molecule has 15 heavy (non-hydrogen) atoms. The van der Waals surface area contributed by atoms with Crippen LogP contribution in [0.25, 0.3) is 0 Å². The first-order valence-electron chi connectivity index (χ1n) is 3.85. The summed E-state index contributed by atoms with van der Waals surface area (Å²) >= 11 is 3.51. The van der Waals surface area contributed by atoms with Gasteiger partial charge in [-0.3, -0.25) is 0 Å². The summed E-state index contributed by atoms with van der Waals surface area (Å²) < 4.78 is 72.9. The monoisotopic (exact) mass is 248 g/mol. The maximum atomic E-state index is 12.2. The molecule has 0 saturated heterocycles. The molecule has 0 radical (unpaired) electrons. The zero-order valence-electron chi connectivity index (χ0n) is 7.15. The highest BCUT2D eigenvalue weighted by atomic mass is 32.1. The smallest absolute Gasteiger partial charge is 0.171 e. The predicted molar refractivity (Wildman–Crippen MR) is 45.7 cm³/mol. The van der Waals surface area contributed by atoms with E-state index in [1.165, 1.54) is 0 Å². The minimum Gasteiger partial charge on any atom is -0.171 e. The van der Waals surface area contributed by atoms with Gasteiger partial charge < -0.3 is 0 Å². The lowest BCUT2D eigenvalue weighted by Crippen LogP contribution is -2.26. The third kappa shape index (κ3) is 2.93. The van der Waals surface area contributed by atoms with Crippen molar-refractivity contribution in [3.8, 4) is 0 Å². The Balaban J connectivity index is 2.99. The van der Waals surface area contributed by atoms with Crippen molar-refractivity contribution in [3.05, 3.63) is 23.3 Å². The van der Waals surface area contributed by atoms with Crippen LogP contribution < -0.4 is 0 Å². The number of alkyl halides is 6. The van der Waals surface area contributed by atoms with Crippen molar-refractivity contribution in [1.82, 2.24) is 0 Å². The topological polar surface area (TPSA) is 0 Å². The SMILES string of the molecule is FC(F)(F)C1=CC=C(C(F)(F)F)[C@H](S)C1. The van der Waals surface area contributed by atoms with Crippen LogP contribution in [0.2, 0.25) is 0 Å². The maximum Gasteiger partial charge on any atom is 0.413 e. The summed E-state index contributed by atoms with van der Waals surface area (Å²) in [6.45, 7) is 0. The standard InChI is InChI=1S/C8H6F6S/c9-7(10,11)4-1-2-5(6(15)3-4)8(12,13)14/h1-2,6,15H,3H2/t6-/m1/s1. The summed E-state index contributed by atoms with van der Waals surface area (Å²) in [7, 11) is 0. The summed E-state index contributed by atoms with van der Waals surface area (Å²) in [5.74, 6) is 0. The van der Waals surface area contributed by atoms with Gasteiger partial charge >= 0.3 is 12.4 Å². The lowest BCUT2D eigenvalue weighted by atomic mass is 9.97. The lowest BCUT2D eigenvalue weighted by Gasteiger charge is -2.23. The quantitative estimate of drug-likeness (QED) is 0.490. The van der Waals surface area contributed by atoms with E-state index in [0.717, 1.165) is 0 Å². The minimum absolute atomic E-state index is 0.435. The maximum absolute atomic E-state index is 12.2. The molecule has 0 aromatic rings. The van der Waals surface area contributed by atoms with E-state index in [4.69, 9.17) is 0 Å². The molecule has 1 aliphatic carbocycles. The van der Waals surface area contributed by atoms with Gasteiger partial charge in [-0.1, -0.05) is 12.2 Å². The highest BCUT2D eigenvalue weighted by molar-refractivity contribution is 7.81. The molecule has 0 heterocycles. The lowest BCUT2D eigenvalue weighted by molar-refractivity contribution is -0.101.